The second kappa shape index (κ2) is 7.05. The van der Waals surface area contributed by atoms with Crippen LogP contribution in [-0.2, 0) is 6.54 Å². The van der Waals surface area contributed by atoms with Crippen molar-refractivity contribution in [3.05, 3.63) is 67.8 Å². The number of aromatic hydroxyl groups is 2. The minimum Gasteiger partial charge on any atom is -0.504 e. The molecule has 3 N–H and O–H groups in total. The first-order valence-corrected chi connectivity index (χ1v) is 6.58. The summed E-state index contributed by atoms with van der Waals surface area (Å²) in [5.41, 5.74) is 2.23. The van der Waals surface area contributed by atoms with Gasteiger partial charge in [-0.3, -0.25) is 20.2 Å². The van der Waals surface area contributed by atoms with E-state index in [0.717, 1.165) is 12.1 Å². The minimum atomic E-state index is -0.715. The van der Waals surface area contributed by atoms with Gasteiger partial charge in [0, 0.05) is 11.6 Å². The van der Waals surface area contributed by atoms with Crippen LogP contribution in [0.5, 0.6) is 11.5 Å². The van der Waals surface area contributed by atoms with Crippen molar-refractivity contribution in [1.82, 2.24) is 5.43 Å². The summed E-state index contributed by atoms with van der Waals surface area (Å²) >= 11 is 0. The standard InChI is InChI=1S/C14H12N4O6/c19-13-3-1-2-10(14(13)20)8-16-15-7-9-4-5-11(17(21)22)6-12(9)18(23)24/h1-6,8,15,19-20H,7H2/b16-8+. The average molecular weight is 332 g/mol. The average Bonchev–Trinajstić information content (AvgIpc) is 2.55. The summed E-state index contributed by atoms with van der Waals surface area (Å²) in [4.78, 5) is 20.2. The normalized spacial score (nSPS) is 10.7. The van der Waals surface area contributed by atoms with E-state index in [-0.39, 0.29) is 34.9 Å². The van der Waals surface area contributed by atoms with E-state index in [1.807, 2.05) is 0 Å². The van der Waals surface area contributed by atoms with Crippen molar-refractivity contribution in [1.29, 1.82) is 0 Å². The maximum Gasteiger partial charge on any atom is 0.281 e. The molecule has 0 bridgehead atoms. The molecule has 0 aromatic heterocycles. The SMILES string of the molecule is O=[N+]([O-])c1ccc(CN/N=C/c2cccc(O)c2O)c([N+](=O)[O-])c1. The molecule has 0 saturated carbocycles. The molecule has 0 aliphatic carbocycles. The molecule has 0 radical (unpaired) electrons. The molecule has 0 aliphatic heterocycles. The Hall–Kier alpha value is -3.69. The highest BCUT2D eigenvalue weighted by Crippen LogP contribution is 2.27. The number of phenols is 2. The van der Waals surface area contributed by atoms with Crippen LogP contribution >= 0.6 is 0 Å². The predicted molar refractivity (Wildman–Crippen MR) is 84.0 cm³/mol. The number of nitro benzene ring substituents is 2. The zero-order valence-corrected chi connectivity index (χ0v) is 12.1. The van der Waals surface area contributed by atoms with Crippen molar-refractivity contribution in [2.24, 2.45) is 5.10 Å². The van der Waals surface area contributed by atoms with Crippen molar-refractivity contribution in [3.8, 4) is 11.5 Å². The number of nitrogens with zero attached hydrogens (tertiary/aromatic N) is 3. The zero-order chi connectivity index (χ0) is 17.7. The lowest BCUT2D eigenvalue weighted by molar-refractivity contribution is -0.394. The Labute approximate surface area is 135 Å². The largest absolute Gasteiger partial charge is 0.504 e. The summed E-state index contributed by atoms with van der Waals surface area (Å²) in [5.74, 6) is -0.644. The minimum absolute atomic E-state index is 0.0512. The Morgan fingerprint density at radius 3 is 2.54 bits per heavy atom. The van der Waals surface area contributed by atoms with E-state index in [1.165, 1.54) is 30.5 Å². The second-order valence-electron chi connectivity index (χ2n) is 4.64. The van der Waals surface area contributed by atoms with Gasteiger partial charge in [-0.15, -0.1) is 0 Å². The molecule has 0 amide bonds. The van der Waals surface area contributed by atoms with Gasteiger partial charge in [0.2, 0.25) is 0 Å². The highest BCUT2D eigenvalue weighted by Gasteiger charge is 2.18. The number of phenolic OH excluding ortho intramolecular Hbond substituents is 2. The molecule has 0 heterocycles. The molecule has 24 heavy (non-hydrogen) atoms. The Morgan fingerprint density at radius 2 is 1.88 bits per heavy atom. The van der Waals surface area contributed by atoms with Gasteiger partial charge in [0.15, 0.2) is 11.5 Å². The van der Waals surface area contributed by atoms with Crippen molar-refractivity contribution in [2.45, 2.75) is 6.54 Å². The van der Waals surface area contributed by atoms with Crippen LogP contribution < -0.4 is 5.43 Å². The van der Waals surface area contributed by atoms with Gasteiger partial charge >= 0.3 is 0 Å². The highest BCUT2D eigenvalue weighted by molar-refractivity contribution is 5.84. The van der Waals surface area contributed by atoms with E-state index in [4.69, 9.17) is 0 Å². The topological polar surface area (TPSA) is 151 Å². The number of para-hydroxylation sites is 1. The molecule has 2 aromatic rings. The Balaban J connectivity index is 2.12. The zero-order valence-electron chi connectivity index (χ0n) is 12.1. The number of nitro groups is 2. The van der Waals surface area contributed by atoms with Crippen LogP contribution in [0.2, 0.25) is 0 Å². The molecule has 0 saturated heterocycles. The molecule has 0 spiro atoms. The van der Waals surface area contributed by atoms with Gasteiger partial charge in [-0.25, -0.2) is 0 Å². The maximum atomic E-state index is 11.0. The van der Waals surface area contributed by atoms with Crippen molar-refractivity contribution in [3.63, 3.8) is 0 Å². The van der Waals surface area contributed by atoms with Gasteiger partial charge in [0.1, 0.15) is 0 Å². The molecule has 0 unspecified atom stereocenters. The van der Waals surface area contributed by atoms with Crippen LogP contribution in [0.3, 0.4) is 0 Å². The fourth-order valence-corrected chi connectivity index (χ4v) is 1.88. The van der Waals surface area contributed by atoms with Gasteiger partial charge in [-0.2, -0.15) is 5.10 Å². The smallest absolute Gasteiger partial charge is 0.281 e. The first-order chi connectivity index (χ1) is 11.4. The van der Waals surface area contributed by atoms with Gasteiger partial charge in [-0.05, 0) is 18.2 Å². The van der Waals surface area contributed by atoms with Gasteiger partial charge in [0.25, 0.3) is 11.4 Å². The van der Waals surface area contributed by atoms with Crippen molar-refractivity contribution in [2.75, 3.05) is 0 Å². The predicted octanol–water partition coefficient (Wildman–Crippen LogP) is 2.04. The third-order valence-corrected chi connectivity index (χ3v) is 3.09. The first kappa shape index (κ1) is 16.7. The monoisotopic (exact) mass is 332 g/mol. The van der Waals surface area contributed by atoms with E-state index in [2.05, 4.69) is 10.5 Å². The van der Waals surface area contributed by atoms with E-state index in [0.29, 0.717) is 0 Å². The van der Waals surface area contributed by atoms with Crippen LogP contribution in [0, 0.1) is 20.2 Å². The molecular weight excluding hydrogens is 320 g/mol. The third kappa shape index (κ3) is 3.74. The molecule has 0 atom stereocenters. The van der Waals surface area contributed by atoms with E-state index in [1.54, 1.807) is 0 Å². The van der Waals surface area contributed by atoms with Gasteiger partial charge in [0.05, 0.1) is 34.2 Å². The van der Waals surface area contributed by atoms with Crippen molar-refractivity contribution < 1.29 is 20.1 Å². The second-order valence-corrected chi connectivity index (χ2v) is 4.64. The Bertz CT molecular complexity index is 821. The molecule has 124 valence electrons. The van der Waals surface area contributed by atoms with Gasteiger partial charge < -0.3 is 15.6 Å². The fourth-order valence-electron chi connectivity index (χ4n) is 1.88. The Kier molecular flexibility index (Phi) is 4.90. The van der Waals surface area contributed by atoms with Crippen LogP contribution in [0.25, 0.3) is 0 Å². The lowest BCUT2D eigenvalue weighted by atomic mass is 10.1. The summed E-state index contributed by atoms with van der Waals surface area (Å²) in [6.45, 7) is -0.0512. The number of non-ortho nitro benzene ring substituents is 1. The van der Waals surface area contributed by atoms with Crippen LogP contribution in [0.15, 0.2) is 41.5 Å². The van der Waals surface area contributed by atoms with Crippen LogP contribution in [-0.4, -0.2) is 26.3 Å². The Morgan fingerprint density at radius 1 is 1.12 bits per heavy atom. The van der Waals surface area contributed by atoms with E-state index in [9.17, 15) is 30.4 Å². The fraction of sp³-hybridized carbons (Fsp3) is 0.0714. The molecule has 2 rings (SSSR count). The first-order valence-electron chi connectivity index (χ1n) is 6.58. The van der Waals surface area contributed by atoms with E-state index < -0.39 is 15.5 Å². The van der Waals surface area contributed by atoms with Gasteiger partial charge in [-0.1, -0.05) is 6.07 Å². The molecular formula is C14H12N4O6. The lowest BCUT2D eigenvalue weighted by Gasteiger charge is -2.03. The molecule has 2 aromatic carbocycles. The summed E-state index contributed by atoms with van der Waals surface area (Å²) < 4.78 is 0. The number of hydrogen-bond donors (Lipinski definition) is 3. The quantitative estimate of drug-likeness (QED) is 0.317. The summed E-state index contributed by atoms with van der Waals surface area (Å²) in [5, 5.41) is 44.4. The maximum absolute atomic E-state index is 11.0. The van der Waals surface area contributed by atoms with Crippen LogP contribution in [0.4, 0.5) is 11.4 Å². The number of benzene rings is 2. The summed E-state index contributed by atoms with van der Waals surface area (Å²) in [7, 11) is 0. The summed E-state index contributed by atoms with van der Waals surface area (Å²) in [6.07, 6.45) is 1.23. The lowest BCUT2D eigenvalue weighted by Crippen LogP contribution is -2.08. The number of hydrogen-bond acceptors (Lipinski definition) is 8. The molecule has 10 nitrogen and oxygen atoms in total. The highest BCUT2D eigenvalue weighted by atomic mass is 16.6. The van der Waals surface area contributed by atoms with E-state index >= 15 is 0 Å². The number of hydrazone groups is 1. The number of rotatable bonds is 6. The molecule has 10 heteroatoms. The molecule has 0 aliphatic rings. The number of nitrogens with one attached hydrogen (secondary N) is 1. The summed E-state index contributed by atoms with van der Waals surface area (Å²) in [6, 6.07) is 7.63. The molecule has 0 fully saturated rings. The van der Waals surface area contributed by atoms with Crippen LogP contribution in [0.1, 0.15) is 11.1 Å². The third-order valence-electron chi connectivity index (χ3n) is 3.09. The van der Waals surface area contributed by atoms with Crippen molar-refractivity contribution >= 4 is 17.6 Å².